The van der Waals surface area contributed by atoms with Crippen LogP contribution >= 0.6 is 11.6 Å². The van der Waals surface area contributed by atoms with Crippen LogP contribution in [0.5, 0.6) is 11.5 Å². The minimum atomic E-state index is -0.967. The van der Waals surface area contributed by atoms with Crippen LogP contribution in [-0.2, 0) is 23.4 Å². The zero-order chi connectivity index (χ0) is 29.7. The van der Waals surface area contributed by atoms with Crippen molar-refractivity contribution >= 4 is 28.6 Å². The third kappa shape index (κ3) is 5.34. The Morgan fingerprint density at radius 2 is 1.95 bits per heavy atom. The van der Waals surface area contributed by atoms with Crippen molar-refractivity contribution in [2.24, 2.45) is 0 Å². The monoisotopic (exact) mass is 605 g/mol. The molecule has 224 valence electrons. The van der Waals surface area contributed by atoms with Crippen LogP contribution < -0.4 is 9.47 Å². The number of fused-ring (bicyclic) bond motifs is 2. The quantitative estimate of drug-likeness (QED) is 0.261. The van der Waals surface area contributed by atoms with Gasteiger partial charge in [-0.1, -0.05) is 29.8 Å². The molecule has 3 aliphatic rings. The molecule has 4 aromatic rings. The first kappa shape index (κ1) is 28.1. The number of carboxylic acids is 1. The highest BCUT2D eigenvalue weighted by Crippen LogP contribution is 2.46. The van der Waals surface area contributed by atoms with Gasteiger partial charge in [0.05, 0.1) is 35.8 Å². The second-order valence-electron chi connectivity index (χ2n) is 11.9. The second kappa shape index (κ2) is 11.1. The summed E-state index contributed by atoms with van der Waals surface area (Å²) in [5.41, 5.74) is 2.45. The van der Waals surface area contributed by atoms with Gasteiger partial charge in [0.2, 0.25) is 0 Å². The van der Waals surface area contributed by atoms with E-state index in [2.05, 4.69) is 15.5 Å². The predicted molar refractivity (Wildman–Crippen MR) is 160 cm³/mol. The zero-order valence-electron chi connectivity index (χ0n) is 23.9. The summed E-state index contributed by atoms with van der Waals surface area (Å²) in [5.74, 6) is 1.22. The molecule has 0 saturated carbocycles. The molecule has 3 aromatic carbocycles. The number of imidazole rings is 1. The lowest BCUT2D eigenvalue weighted by molar-refractivity contribution is -0.0592. The Morgan fingerprint density at radius 3 is 2.67 bits per heavy atom. The number of para-hydroxylation sites is 1. The fraction of sp³-hybridized carbons (Fsp3) is 0.394. The second-order valence-corrected chi connectivity index (χ2v) is 12.3. The number of likely N-dealkylation sites (tertiary alicyclic amines) is 1. The van der Waals surface area contributed by atoms with E-state index in [9.17, 15) is 14.3 Å². The Hall–Kier alpha value is -3.66. The maximum absolute atomic E-state index is 14.8. The Morgan fingerprint density at radius 1 is 1.14 bits per heavy atom. The summed E-state index contributed by atoms with van der Waals surface area (Å²) in [4.78, 5) is 18.9. The number of hydrogen-bond acceptors (Lipinski definition) is 6. The summed E-state index contributed by atoms with van der Waals surface area (Å²) >= 11 is 5.97. The molecular weight excluding hydrogens is 573 g/mol. The predicted octanol–water partition coefficient (Wildman–Crippen LogP) is 6.38. The summed E-state index contributed by atoms with van der Waals surface area (Å²) in [6, 6.07) is 15.7. The van der Waals surface area contributed by atoms with E-state index in [-0.39, 0.29) is 18.3 Å². The largest absolute Gasteiger partial charge is 0.485 e. The molecule has 0 amide bonds. The number of aromatic carboxylic acids is 1. The van der Waals surface area contributed by atoms with Crippen LogP contribution in [0.3, 0.4) is 0 Å². The molecule has 1 aromatic heterocycles. The van der Waals surface area contributed by atoms with Crippen LogP contribution in [0.25, 0.3) is 11.0 Å². The number of benzene rings is 3. The standard InChI is InChI=1S/C33H33ClFN3O5/c1-33(25-7-6-22(34)16-26(25)35)19-42-31-24(3-2-4-29(31)43-33)20-9-12-37(13-10-20)18-30-36-27-8-5-21(32(39)40)15-28(27)38(30)17-23-11-14-41-23/h2-8,15-16,20,23H,9-14,17-19H2,1H3,(H,39,40)/t23-,33?/m0/s1. The smallest absolute Gasteiger partial charge is 0.335 e. The summed E-state index contributed by atoms with van der Waals surface area (Å²) < 4.78 is 35.3. The van der Waals surface area contributed by atoms with Crippen LogP contribution in [0.2, 0.25) is 5.02 Å². The van der Waals surface area contributed by atoms with E-state index in [1.54, 1.807) is 30.3 Å². The SMILES string of the molecule is CC1(c2ccc(Cl)cc2F)COc2c(cccc2C2CCN(Cc3nc4ccc(C(=O)O)cc4n3C[C@@H]3CCO3)CC2)O1. The Labute approximate surface area is 253 Å². The summed E-state index contributed by atoms with van der Waals surface area (Å²) in [7, 11) is 0. The zero-order valence-corrected chi connectivity index (χ0v) is 24.6. The first-order valence-electron chi connectivity index (χ1n) is 14.7. The van der Waals surface area contributed by atoms with Crippen LogP contribution in [0.15, 0.2) is 54.6 Å². The summed E-state index contributed by atoms with van der Waals surface area (Å²) in [5, 5.41) is 9.87. The molecule has 0 spiro atoms. The van der Waals surface area contributed by atoms with Gasteiger partial charge in [0.15, 0.2) is 17.1 Å². The lowest BCUT2D eigenvalue weighted by Crippen LogP contribution is -2.40. The number of aromatic nitrogens is 2. The fourth-order valence-electron chi connectivity index (χ4n) is 6.49. The molecule has 8 nitrogen and oxygen atoms in total. The van der Waals surface area contributed by atoms with Crippen molar-refractivity contribution in [2.45, 2.75) is 56.9 Å². The molecule has 43 heavy (non-hydrogen) atoms. The van der Waals surface area contributed by atoms with Crippen molar-refractivity contribution in [1.29, 1.82) is 0 Å². The summed E-state index contributed by atoms with van der Waals surface area (Å²) in [6.07, 6.45) is 3.00. The molecule has 3 aliphatic heterocycles. The molecule has 4 heterocycles. The van der Waals surface area contributed by atoms with E-state index in [1.807, 2.05) is 19.1 Å². The highest BCUT2D eigenvalue weighted by molar-refractivity contribution is 6.30. The van der Waals surface area contributed by atoms with E-state index in [0.29, 0.717) is 35.3 Å². The van der Waals surface area contributed by atoms with Crippen molar-refractivity contribution in [3.8, 4) is 11.5 Å². The van der Waals surface area contributed by atoms with Gasteiger partial charge in [0, 0.05) is 22.8 Å². The molecule has 2 saturated heterocycles. The molecule has 1 unspecified atom stereocenters. The Kier molecular flexibility index (Phi) is 7.27. The number of halogens is 2. The van der Waals surface area contributed by atoms with Gasteiger partial charge in [0.1, 0.15) is 18.2 Å². The van der Waals surface area contributed by atoms with Crippen LogP contribution in [0, 0.1) is 5.82 Å². The maximum Gasteiger partial charge on any atom is 0.335 e. The van der Waals surface area contributed by atoms with Crippen molar-refractivity contribution in [1.82, 2.24) is 14.5 Å². The van der Waals surface area contributed by atoms with Gasteiger partial charge in [-0.2, -0.15) is 0 Å². The number of piperidine rings is 1. The molecule has 2 atom stereocenters. The molecule has 0 radical (unpaired) electrons. The van der Waals surface area contributed by atoms with E-state index in [4.69, 9.17) is 30.8 Å². The Balaban J connectivity index is 1.07. The third-order valence-electron chi connectivity index (χ3n) is 8.98. The third-order valence-corrected chi connectivity index (χ3v) is 9.22. The van der Waals surface area contributed by atoms with Gasteiger partial charge in [0.25, 0.3) is 0 Å². The van der Waals surface area contributed by atoms with Crippen molar-refractivity contribution in [3.05, 3.63) is 88.0 Å². The average Bonchev–Trinajstić information content (AvgIpc) is 3.30. The molecule has 0 bridgehead atoms. The van der Waals surface area contributed by atoms with Gasteiger partial charge in [-0.15, -0.1) is 0 Å². The molecule has 1 N–H and O–H groups in total. The number of carbonyl (C=O) groups is 1. The van der Waals surface area contributed by atoms with Crippen molar-refractivity contribution in [2.75, 3.05) is 26.3 Å². The van der Waals surface area contributed by atoms with Gasteiger partial charge < -0.3 is 23.9 Å². The highest BCUT2D eigenvalue weighted by atomic mass is 35.5. The molecule has 2 fully saturated rings. The topological polar surface area (TPSA) is 86.1 Å². The minimum absolute atomic E-state index is 0.125. The van der Waals surface area contributed by atoms with Crippen LogP contribution in [0.4, 0.5) is 4.39 Å². The minimum Gasteiger partial charge on any atom is -0.485 e. The average molecular weight is 606 g/mol. The van der Waals surface area contributed by atoms with Crippen LogP contribution in [-0.4, -0.2) is 57.9 Å². The highest BCUT2D eigenvalue weighted by Gasteiger charge is 2.39. The van der Waals surface area contributed by atoms with Gasteiger partial charge in [-0.3, -0.25) is 4.90 Å². The number of nitrogens with zero attached hydrogens (tertiary/aromatic N) is 3. The first-order valence-corrected chi connectivity index (χ1v) is 15.1. The van der Waals surface area contributed by atoms with E-state index in [0.717, 1.165) is 67.1 Å². The summed E-state index contributed by atoms with van der Waals surface area (Å²) in [6.45, 7) is 5.89. The molecule has 10 heteroatoms. The molecule has 7 rings (SSSR count). The molecule has 0 aliphatic carbocycles. The van der Waals surface area contributed by atoms with E-state index in [1.165, 1.54) is 6.07 Å². The Bertz CT molecular complexity index is 1700. The maximum atomic E-state index is 14.8. The molecular formula is C33H33ClFN3O5. The van der Waals surface area contributed by atoms with E-state index >= 15 is 0 Å². The number of carboxylic acid groups (broad SMARTS) is 1. The lowest BCUT2D eigenvalue weighted by Gasteiger charge is -2.38. The van der Waals surface area contributed by atoms with Crippen LogP contribution in [0.1, 0.15) is 59.4 Å². The number of rotatable bonds is 7. The van der Waals surface area contributed by atoms with Gasteiger partial charge in [-0.25, -0.2) is 14.2 Å². The van der Waals surface area contributed by atoms with Gasteiger partial charge >= 0.3 is 5.97 Å². The normalized spacial score (nSPS) is 22.4. The number of ether oxygens (including phenoxy) is 3. The van der Waals surface area contributed by atoms with Gasteiger partial charge in [-0.05, 0) is 81.6 Å². The lowest BCUT2D eigenvalue weighted by atomic mass is 9.87. The van der Waals surface area contributed by atoms with Crippen molar-refractivity contribution in [3.63, 3.8) is 0 Å². The van der Waals surface area contributed by atoms with E-state index < -0.39 is 17.4 Å². The number of hydrogen-bond donors (Lipinski definition) is 1. The van der Waals surface area contributed by atoms with Crippen molar-refractivity contribution < 1.29 is 28.5 Å². The fourth-order valence-corrected chi connectivity index (χ4v) is 6.65. The first-order chi connectivity index (χ1) is 20.8.